The van der Waals surface area contributed by atoms with Crippen LogP contribution in [0.15, 0.2) is 6.20 Å². The number of anilines is 1. The van der Waals surface area contributed by atoms with Crippen molar-refractivity contribution in [1.29, 1.82) is 0 Å². The summed E-state index contributed by atoms with van der Waals surface area (Å²) >= 11 is 0. The molecule has 0 aromatic carbocycles. The molecule has 4 nitrogen and oxygen atoms in total. The van der Waals surface area contributed by atoms with Crippen molar-refractivity contribution in [3.8, 4) is 0 Å². The molecule has 2 rings (SSSR count). The monoisotopic (exact) mass is 241 g/mol. The Morgan fingerprint density at radius 2 is 2.38 bits per heavy atom. The molecule has 0 aliphatic heterocycles. The van der Waals surface area contributed by atoms with Crippen LogP contribution >= 0.6 is 0 Å². The number of nitrogens with one attached hydrogen (secondary N) is 1. The van der Waals surface area contributed by atoms with Crippen LogP contribution in [0.3, 0.4) is 0 Å². The number of nitrogens with zero attached hydrogens (tertiary/aromatic N) is 2. The smallest absolute Gasteiger partial charge is 0.203 e. The molecule has 0 saturated heterocycles. The van der Waals surface area contributed by atoms with Crippen LogP contribution in [0.2, 0.25) is 0 Å². The van der Waals surface area contributed by atoms with Crippen LogP contribution < -0.4 is 5.32 Å². The van der Waals surface area contributed by atoms with Crippen LogP contribution in [-0.2, 0) is 10.8 Å². The topological polar surface area (TPSA) is 46.9 Å². The third-order valence-electron chi connectivity index (χ3n) is 2.73. The Morgan fingerprint density at radius 1 is 1.62 bits per heavy atom. The number of aromatic nitrogens is 2. The minimum Gasteiger partial charge on any atom is -0.355 e. The van der Waals surface area contributed by atoms with E-state index in [0.29, 0.717) is 11.8 Å². The van der Waals surface area contributed by atoms with E-state index >= 15 is 0 Å². The molecule has 1 N–H and O–H groups in total. The highest BCUT2D eigenvalue weighted by Crippen LogP contribution is 2.37. The van der Waals surface area contributed by atoms with E-state index < -0.39 is 10.8 Å². The molecular formula is C11H19N3OS. The average molecular weight is 241 g/mol. The van der Waals surface area contributed by atoms with E-state index in [1.54, 1.807) is 0 Å². The van der Waals surface area contributed by atoms with E-state index in [1.165, 1.54) is 12.8 Å². The highest BCUT2D eigenvalue weighted by molar-refractivity contribution is 7.84. The number of rotatable bonds is 6. The zero-order chi connectivity index (χ0) is 11.5. The van der Waals surface area contributed by atoms with Crippen molar-refractivity contribution in [2.24, 2.45) is 0 Å². The lowest BCUT2D eigenvalue weighted by Gasteiger charge is -2.07. The minimum atomic E-state index is -0.695. The molecule has 0 radical (unpaired) electrons. The van der Waals surface area contributed by atoms with Gasteiger partial charge in [0, 0.05) is 41.1 Å². The molecule has 1 aromatic rings. The second-order valence-corrected chi connectivity index (χ2v) is 6.07. The van der Waals surface area contributed by atoms with Crippen LogP contribution in [0.4, 0.5) is 5.95 Å². The van der Waals surface area contributed by atoms with E-state index in [-0.39, 0.29) is 0 Å². The maximum Gasteiger partial charge on any atom is 0.203 e. The summed E-state index contributed by atoms with van der Waals surface area (Å²) in [5.74, 6) is 2.37. The molecule has 5 heteroatoms. The lowest BCUT2D eigenvalue weighted by molar-refractivity contribution is 0.683. The molecule has 1 aromatic heterocycles. The van der Waals surface area contributed by atoms with E-state index in [4.69, 9.17) is 0 Å². The minimum absolute atomic E-state index is 0.639. The third-order valence-corrected chi connectivity index (χ3v) is 4.03. The molecule has 90 valence electrons. The predicted molar refractivity (Wildman–Crippen MR) is 67.3 cm³/mol. The summed E-state index contributed by atoms with van der Waals surface area (Å²) in [5.41, 5.74) is 1.05. The Hall–Kier alpha value is -0.840. The summed E-state index contributed by atoms with van der Waals surface area (Å²) in [6.07, 6.45) is 4.60. The molecule has 0 spiro atoms. The largest absolute Gasteiger partial charge is 0.355 e. The summed E-state index contributed by atoms with van der Waals surface area (Å²) in [6, 6.07) is 0.639. The number of hydrogen-bond acceptors (Lipinski definition) is 3. The van der Waals surface area contributed by atoms with Crippen molar-refractivity contribution in [2.45, 2.75) is 32.7 Å². The van der Waals surface area contributed by atoms with Gasteiger partial charge in [0.15, 0.2) is 0 Å². The van der Waals surface area contributed by atoms with Gasteiger partial charge < -0.3 is 9.88 Å². The van der Waals surface area contributed by atoms with Crippen molar-refractivity contribution in [1.82, 2.24) is 9.55 Å². The molecule has 1 heterocycles. The van der Waals surface area contributed by atoms with Crippen LogP contribution in [0.5, 0.6) is 0 Å². The van der Waals surface area contributed by atoms with Gasteiger partial charge in [0.05, 0.1) is 5.69 Å². The lowest BCUT2D eigenvalue weighted by Crippen LogP contribution is -2.14. The number of hydrogen-bond donors (Lipinski definition) is 1. The highest BCUT2D eigenvalue weighted by Gasteiger charge is 2.26. The fourth-order valence-corrected chi connectivity index (χ4v) is 2.32. The number of aryl methyl sites for hydroxylation is 1. The summed E-state index contributed by atoms with van der Waals surface area (Å²) in [7, 11) is -0.695. The van der Waals surface area contributed by atoms with E-state index in [9.17, 15) is 4.21 Å². The standard InChI is InChI=1S/C11H19N3OS/c1-3-16(15)7-6-12-11-13-9(2)8-14(11)10-4-5-10/h8,10H,3-7H2,1-2H3,(H,12,13). The van der Waals surface area contributed by atoms with Gasteiger partial charge in [0.25, 0.3) is 0 Å². The Bertz CT molecular complexity index is 385. The molecular weight excluding hydrogens is 222 g/mol. The van der Waals surface area contributed by atoms with Crippen molar-refractivity contribution in [3.05, 3.63) is 11.9 Å². The fraction of sp³-hybridized carbons (Fsp3) is 0.727. The van der Waals surface area contributed by atoms with Crippen LogP contribution in [0.1, 0.15) is 31.5 Å². The summed E-state index contributed by atoms with van der Waals surface area (Å²) in [4.78, 5) is 4.45. The van der Waals surface area contributed by atoms with Gasteiger partial charge in [0.2, 0.25) is 5.95 Å². The van der Waals surface area contributed by atoms with Gasteiger partial charge in [-0.2, -0.15) is 0 Å². The van der Waals surface area contributed by atoms with Crippen LogP contribution in [-0.4, -0.2) is 31.8 Å². The quantitative estimate of drug-likeness (QED) is 0.824. The first-order valence-corrected chi connectivity index (χ1v) is 7.34. The molecule has 1 aliphatic carbocycles. The van der Waals surface area contributed by atoms with E-state index in [1.807, 2.05) is 13.8 Å². The lowest BCUT2D eigenvalue weighted by atomic mass is 10.5. The first-order chi connectivity index (χ1) is 7.70. The molecule has 0 amide bonds. The molecule has 1 fully saturated rings. The van der Waals surface area contributed by atoms with E-state index in [0.717, 1.165) is 23.9 Å². The summed E-state index contributed by atoms with van der Waals surface area (Å²) in [5, 5.41) is 3.28. The molecule has 1 aliphatic rings. The summed E-state index contributed by atoms with van der Waals surface area (Å²) in [6.45, 7) is 4.70. The Morgan fingerprint density at radius 3 is 3.00 bits per heavy atom. The first kappa shape index (κ1) is 11.6. The molecule has 1 unspecified atom stereocenters. The fourth-order valence-electron chi connectivity index (χ4n) is 1.70. The zero-order valence-electron chi connectivity index (χ0n) is 9.90. The number of imidazole rings is 1. The second kappa shape index (κ2) is 4.99. The molecule has 0 bridgehead atoms. The Labute approximate surface area is 98.9 Å². The highest BCUT2D eigenvalue weighted by atomic mass is 32.2. The van der Waals surface area contributed by atoms with Gasteiger partial charge in [-0.05, 0) is 19.8 Å². The van der Waals surface area contributed by atoms with Gasteiger partial charge >= 0.3 is 0 Å². The second-order valence-electron chi connectivity index (χ2n) is 4.20. The summed E-state index contributed by atoms with van der Waals surface area (Å²) < 4.78 is 13.5. The van der Waals surface area contributed by atoms with Crippen LogP contribution in [0.25, 0.3) is 0 Å². The third kappa shape index (κ3) is 2.84. The Kier molecular flexibility index (Phi) is 3.63. The average Bonchev–Trinajstić information content (AvgIpc) is 3.03. The maximum atomic E-state index is 11.3. The van der Waals surface area contributed by atoms with Gasteiger partial charge in [-0.1, -0.05) is 6.92 Å². The Balaban J connectivity index is 1.90. The van der Waals surface area contributed by atoms with Gasteiger partial charge in [0.1, 0.15) is 0 Å². The van der Waals surface area contributed by atoms with Crippen molar-refractivity contribution >= 4 is 16.7 Å². The normalized spacial score (nSPS) is 17.4. The van der Waals surface area contributed by atoms with Gasteiger partial charge in [-0.15, -0.1) is 0 Å². The zero-order valence-corrected chi connectivity index (χ0v) is 10.7. The molecule has 16 heavy (non-hydrogen) atoms. The van der Waals surface area contributed by atoms with Crippen molar-refractivity contribution < 1.29 is 4.21 Å². The van der Waals surface area contributed by atoms with Gasteiger partial charge in [-0.25, -0.2) is 4.98 Å². The van der Waals surface area contributed by atoms with Crippen LogP contribution in [0, 0.1) is 6.92 Å². The van der Waals surface area contributed by atoms with E-state index in [2.05, 4.69) is 21.1 Å². The maximum absolute atomic E-state index is 11.3. The molecule has 1 saturated carbocycles. The van der Waals surface area contributed by atoms with Crippen molar-refractivity contribution in [2.75, 3.05) is 23.4 Å². The van der Waals surface area contributed by atoms with Gasteiger partial charge in [-0.3, -0.25) is 4.21 Å². The predicted octanol–water partition coefficient (Wildman–Crippen LogP) is 1.71. The first-order valence-electron chi connectivity index (χ1n) is 5.85. The SMILES string of the molecule is CCS(=O)CCNc1nc(C)cn1C1CC1. The molecule has 1 atom stereocenters. The van der Waals surface area contributed by atoms with Crippen molar-refractivity contribution in [3.63, 3.8) is 0 Å².